The fourth-order valence-corrected chi connectivity index (χ4v) is 1.93. The number of aliphatic hydroxyl groups excluding tert-OH is 1. The predicted molar refractivity (Wildman–Crippen MR) is 62.0 cm³/mol. The molecule has 15 heavy (non-hydrogen) atoms. The second-order valence-electron chi connectivity index (χ2n) is 4.04. The molecule has 1 atom stereocenters. The molecule has 1 heterocycles. The molecule has 0 aromatic heterocycles. The first-order valence-corrected chi connectivity index (χ1v) is 5.54. The topological polar surface area (TPSA) is 35.5 Å². The molecule has 0 amide bonds. The highest BCUT2D eigenvalue weighted by molar-refractivity contribution is 5.42. The number of nitrogens with one attached hydrogen (secondary N) is 1. The lowest BCUT2D eigenvalue weighted by atomic mass is 10.3. The number of anilines is 1. The minimum Gasteiger partial charge on any atom is -0.392 e. The zero-order valence-electron chi connectivity index (χ0n) is 8.89. The lowest BCUT2D eigenvalue weighted by Crippen LogP contribution is -2.27. The van der Waals surface area contributed by atoms with E-state index in [4.69, 9.17) is 0 Å². The van der Waals surface area contributed by atoms with Gasteiger partial charge in [-0.2, -0.15) is 0 Å². The number of aliphatic hydroxyl groups is 1. The summed E-state index contributed by atoms with van der Waals surface area (Å²) in [5.74, 6) is 0. The van der Waals surface area contributed by atoms with E-state index in [1.165, 1.54) is 0 Å². The summed E-state index contributed by atoms with van der Waals surface area (Å²) >= 11 is 0. The van der Waals surface area contributed by atoms with Gasteiger partial charge in [0, 0.05) is 31.9 Å². The average Bonchev–Trinajstić information content (AvgIpc) is 2.66. The van der Waals surface area contributed by atoms with Crippen molar-refractivity contribution in [3.05, 3.63) is 30.3 Å². The molecule has 1 fully saturated rings. The summed E-state index contributed by atoms with van der Waals surface area (Å²) < 4.78 is 0. The molecule has 0 bridgehead atoms. The largest absolute Gasteiger partial charge is 0.392 e. The molecule has 82 valence electrons. The van der Waals surface area contributed by atoms with Crippen molar-refractivity contribution in [1.82, 2.24) is 4.90 Å². The van der Waals surface area contributed by atoms with Crippen LogP contribution >= 0.6 is 0 Å². The van der Waals surface area contributed by atoms with Crippen LogP contribution in [0.5, 0.6) is 0 Å². The molecule has 2 N–H and O–H groups in total. The van der Waals surface area contributed by atoms with Crippen LogP contribution in [0.15, 0.2) is 30.3 Å². The summed E-state index contributed by atoms with van der Waals surface area (Å²) in [6.45, 7) is 3.80. The Labute approximate surface area is 90.7 Å². The van der Waals surface area contributed by atoms with Gasteiger partial charge in [-0.1, -0.05) is 18.2 Å². The van der Waals surface area contributed by atoms with E-state index in [0.29, 0.717) is 0 Å². The summed E-state index contributed by atoms with van der Waals surface area (Å²) in [5, 5.41) is 12.7. The van der Waals surface area contributed by atoms with Gasteiger partial charge in [0.25, 0.3) is 0 Å². The van der Waals surface area contributed by atoms with E-state index in [1.807, 2.05) is 18.2 Å². The van der Waals surface area contributed by atoms with Crippen LogP contribution in [-0.4, -0.2) is 42.3 Å². The van der Waals surface area contributed by atoms with Crippen LogP contribution in [0.25, 0.3) is 0 Å². The van der Waals surface area contributed by atoms with Crippen molar-refractivity contribution in [1.29, 1.82) is 0 Å². The minimum absolute atomic E-state index is 0.110. The van der Waals surface area contributed by atoms with E-state index in [-0.39, 0.29) is 6.10 Å². The Morgan fingerprint density at radius 2 is 2.13 bits per heavy atom. The molecule has 1 aromatic carbocycles. The summed E-state index contributed by atoms with van der Waals surface area (Å²) in [4.78, 5) is 2.29. The highest BCUT2D eigenvalue weighted by Crippen LogP contribution is 2.08. The number of nitrogens with zero attached hydrogens (tertiary/aromatic N) is 1. The molecule has 3 heteroatoms. The Morgan fingerprint density at radius 3 is 2.80 bits per heavy atom. The van der Waals surface area contributed by atoms with Gasteiger partial charge in [-0.3, -0.25) is 4.90 Å². The van der Waals surface area contributed by atoms with Crippen molar-refractivity contribution in [3.63, 3.8) is 0 Å². The van der Waals surface area contributed by atoms with Gasteiger partial charge in [-0.05, 0) is 18.6 Å². The molecule has 0 saturated carbocycles. The van der Waals surface area contributed by atoms with Gasteiger partial charge in [0.15, 0.2) is 0 Å². The third-order valence-electron chi connectivity index (χ3n) is 2.78. The Hall–Kier alpha value is -1.06. The van der Waals surface area contributed by atoms with Gasteiger partial charge >= 0.3 is 0 Å². The van der Waals surface area contributed by atoms with Gasteiger partial charge < -0.3 is 10.4 Å². The second kappa shape index (κ2) is 5.14. The minimum atomic E-state index is -0.110. The highest BCUT2D eigenvalue weighted by Gasteiger charge is 2.18. The van der Waals surface area contributed by atoms with Gasteiger partial charge in [0.2, 0.25) is 0 Å². The van der Waals surface area contributed by atoms with Crippen LogP contribution < -0.4 is 5.32 Å². The van der Waals surface area contributed by atoms with Crippen molar-refractivity contribution in [3.8, 4) is 0 Å². The third-order valence-corrected chi connectivity index (χ3v) is 2.78. The van der Waals surface area contributed by atoms with Crippen LogP contribution in [0.2, 0.25) is 0 Å². The first kappa shape index (κ1) is 10.5. The molecule has 0 aliphatic carbocycles. The maximum Gasteiger partial charge on any atom is 0.0679 e. The van der Waals surface area contributed by atoms with E-state index in [9.17, 15) is 5.11 Å². The molecule has 0 spiro atoms. The number of rotatable bonds is 4. The molecule has 0 radical (unpaired) electrons. The molecule has 3 nitrogen and oxygen atoms in total. The Morgan fingerprint density at radius 1 is 1.33 bits per heavy atom. The molecular formula is C12H18N2O. The Bertz CT molecular complexity index is 289. The lowest BCUT2D eigenvalue weighted by Gasteiger charge is -2.15. The summed E-state index contributed by atoms with van der Waals surface area (Å²) in [5.41, 5.74) is 1.16. The zero-order valence-corrected chi connectivity index (χ0v) is 8.89. The second-order valence-corrected chi connectivity index (χ2v) is 4.04. The standard InChI is InChI=1S/C12H18N2O/c15-12-6-8-14(10-12)9-7-13-11-4-2-1-3-5-11/h1-5,12-13,15H,6-10H2/t12-/m0/s1. The van der Waals surface area contributed by atoms with Crippen LogP contribution in [0.3, 0.4) is 0 Å². The normalized spacial score (nSPS) is 21.8. The lowest BCUT2D eigenvalue weighted by molar-refractivity contribution is 0.177. The first-order chi connectivity index (χ1) is 7.34. The van der Waals surface area contributed by atoms with Crippen LogP contribution in [0, 0.1) is 0 Å². The first-order valence-electron chi connectivity index (χ1n) is 5.54. The summed E-state index contributed by atoms with van der Waals surface area (Å²) in [6, 6.07) is 10.2. The van der Waals surface area contributed by atoms with Crippen molar-refractivity contribution in [2.75, 3.05) is 31.5 Å². The predicted octanol–water partition coefficient (Wildman–Crippen LogP) is 1.17. The van der Waals surface area contributed by atoms with E-state index in [2.05, 4.69) is 22.3 Å². The summed E-state index contributed by atoms with van der Waals surface area (Å²) in [6.07, 6.45) is 0.812. The summed E-state index contributed by atoms with van der Waals surface area (Å²) in [7, 11) is 0. The quantitative estimate of drug-likeness (QED) is 0.776. The van der Waals surface area contributed by atoms with Crippen LogP contribution in [0.1, 0.15) is 6.42 Å². The van der Waals surface area contributed by atoms with Crippen molar-refractivity contribution >= 4 is 5.69 Å². The van der Waals surface area contributed by atoms with Crippen LogP contribution in [-0.2, 0) is 0 Å². The smallest absolute Gasteiger partial charge is 0.0679 e. The number of hydrogen-bond acceptors (Lipinski definition) is 3. The zero-order chi connectivity index (χ0) is 10.5. The van der Waals surface area contributed by atoms with Gasteiger partial charge in [-0.25, -0.2) is 0 Å². The van der Waals surface area contributed by atoms with Crippen LogP contribution in [0.4, 0.5) is 5.69 Å². The molecule has 1 aromatic rings. The number of benzene rings is 1. The van der Waals surface area contributed by atoms with E-state index in [1.54, 1.807) is 0 Å². The van der Waals surface area contributed by atoms with Crippen molar-refractivity contribution in [2.45, 2.75) is 12.5 Å². The molecule has 1 saturated heterocycles. The maximum absolute atomic E-state index is 9.35. The van der Waals surface area contributed by atoms with Crippen molar-refractivity contribution in [2.24, 2.45) is 0 Å². The monoisotopic (exact) mass is 206 g/mol. The number of β-amino-alcohol motifs (C(OH)–C–C–N with tert-alkyl or cyclic N) is 1. The molecule has 2 rings (SSSR count). The maximum atomic E-state index is 9.35. The average molecular weight is 206 g/mol. The number of para-hydroxylation sites is 1. The molecule has 0 unspecified atom stereocenters. The SMILES string of the molecule is O[C@H]1CCN(CCNc2ccccc2)C1. The Balaban J connectivity index is 1.67. The van der Waals surface area contributed by atoms with E-state index < -0.39 is 0 Å². The van der Waals surface area contributed by atoms with Crippen molar-refractivity contribution < 1.29 is 5.11 Å². The van der Waals surface area contributed by atoms with Gasteiger partial charge in [0.05, 0.1) is 6.10 Å². The molecule has 1 aliphatic rings. The fourth-order valence-electron chi connectivity index (χ4n) is 1.93. The fraction of sp³-hybridized carbons (Fsp3) is 0.500. The van der Waals surface area contributed by atoms with E-state index >= 15 is 0 Å². The molecule has 1 aliphatic heterocycles. The third kappa shape index (κ3) is 3.22. The highest BCUT2D eigenvalue weighted by atomic mass is 16.3. The molecular weight excluding hydrogens is 188 g/mol. The van der Waals surface area contributed by atoms with Gasteiger partial charge in [0.1, 0.15) is 0 Å². The van der Waals surface area contributed by atoms with E-state index in [0.717, 1.165) is 38.3 Å². The number of likely N-dealkylation sites (tertiary alicyclic amines) is 1. The number of hydrogen-bond donors (Lipinski definition) is 2. The van der Waals surface area contributed by atoms with Gasteiger partial charge in [-0.15, -0.1) is 0 Å². The Kier molecular flexibility index (Phi) is 3.59.